The summed E-state index contributed by atoms with van der Waals surface area (Å²) in [5, 5.41) is 11.9. The number of hydrogen-bond donors (Lipinski definition) is 0. The van der Waals surface area contributed by atoms with Crippen molar-refractivity contribution in [3.63, 3.8) is 0 Å². The van der Waals surface area contributed by atoms with Crippen LogP contribution in [0.2, 0.25) is 0 Å². The summed E-state index contributed by atoms with van der Waals surface area (Å²) < 4.78 is 5.42. The summed E-state index contributed by atoms with van der Waals surface area (Å²) in [4.78, 5) is 39.6. The van der Waals surface area contributed by atoms with Crippen LogP contribution in [0, 0.1) is 15.5 Å². The maximum Gasteiger partial charge on any atom is 0.297 e. The van der Waals surface area contributed by atoms with Crippen LogP contribution in [0.4, 0.5) is 11.4 Å². The number of carbonyl (C=O) groups is 2. The standard InChI is InChI=1S/C25H26N2O5/c1-4-32-17-10-11-19(20(12-17)27(30)31)26-21-14-25(2,3)15-22(28)24(21)18(13-23(26)29)16-8-6-5-7-9-16/h5-12,18H,4,13-15H2,1-3H3. The summed E-state index contributed by atoms with van der Waals surface area (Å²) in [5.74, 6) is -0.240. The highest BCUT2D eigenvalue weighted by Gasteiger charge is 2.45. The SMILES string of the molecule is CCOc1ccc(N2C(=O)CC(c3ccccc3)C3=C2CC(C)(C)CC3=O)c([N+](=O)[O-])c1. The Morgan fingerprint density at radius 3 is 2.50 bits per heavy atom. The quantitative estimate of drug-likeness (QED) is 0.479. The van der Waals surface area contributed by atoms with E-state index in [1.54, 1.807) is 19.1 Å². The van der Waals surface area contributed by atoms with Crippen LogP contribution in [0.25, 0.3) is 0 Å². The number of nitro benzene ring substituents is 1. The molecular weight excluding hydrogens is 408 g/mol. The second-order valence-electron chi connectivity index (χ2n) is 9.04. The number of carbonyl (C=O) groups excluding carboxylic acids is 2. The van der Waals surface area contributed by atoms with Crippen molar-refractivity contribution < 1.29 is 19.2 Å². The Labute approximate surface area is 186 Å². The molecule has 1 heterocycles. The minimum Gasteiger partial charge on any atom is -0.494 e. The summed E-state index contributed by atoms with van der Waals surface area (Å²) >= 11 is 0. The molecule has 166 valence electrons. The van der Waals surface area contributed by atoms with E-state index in [-0.39, 0.29) is 40.8 Å². The minimum absolute atomic E-state index is 0.00353. The number of allylic oxidation sites excluding steroid dienone is 2. The number of ether oxygens (including phenoxy) is 1. The Morgan fingerprint density at radius 1 is 1.12 bits per heavy atom. The zero-order valence-corrected chi connectivity index (χ0v) is 18.5. The molecule has 0 saturated carbocycles. The van der Waals surface area contributed by atoms with Crippen molar-refractivity contribution in [2.75, 3.05) is 11.5 Å². The lowest BCUT2D eigenvalue weighted by Crippen LogP contribution is -2.44. The molecule has 7 heteroatoms. The largest absolute Gasteiger partial charge is 0.494 e. The van der Waals surface area contributed by atoms with E-state index in [4.69, 9.17) is 4.74 Å². The third kappa shape index (κ3) is 3.90. The van der Waals surface area contributed by atoms with E-state index in [1.807, 2.05) is 44.2 Å². The summed E-state index contributed by atoms with van der Waals surface area (Å²) in [6, 6.07) is 14.0. The van der Waals surface area contributed by atoms with Crippen molar-refractivity contribution in [1.82, 2.24) is 0 Å². The van der Waals surface area contributed by atoms with Gasteiger partial charge in [0.05, 0.1) is 17.6 Å². The molecule has 1 unspecified atom stereocenters. The van der Waals surface area contributed by atoms with E-state index < -0.39 is 4.92 Å². The number of rotatable bonds is 5. The molecule has 1 aliphatic heterocycles. The molecule has 2 aromatic carbocycles. The van der Waals surface area contributed by atoms with E-state index >= 15 is 0 Å². The number of nitrogens with zero attached hydrogens (tertiary/aromatic N) is 2. The number of nitro groups is 1. The van der Waals surface area contributed by atoms with Gasteiger partial charge in [0.2, 0.25) is 5.91 Å². The summed E-state index contributed by atoms with van der Waals surface area (Å²) in [7, 11) is 0. The topological polar surface area (TPSA) is 89.8 Å². The number of anilines is 1. The number of amides is 1. The molecule has 32 heavy (non-hydrogen) atoms. The van der Waals surface area contributed by atoms with Gasteiger partial charge < -0.3 is 4.74 Å². The van der Waals surface area contributed by atoms with Gasteiger partial charge in [-0.05, 0) is 36.5 Å². The Balaban J connectivity index is 1.92. The average molecular weight is 434 g/mol. The molecule has 0 N–H and O–H groups in total. The molecule has 7 nitrogen and oxygen atoms in total. The zero-order chi connectivity index (χ0) is 23.0. The van der Waals surface area contributed by atoms with Crippen LogP contribution in [0.3, 0.4) is 0 Å². The van der Waals surface area contributed by atoms with Crippen molar-refractivity contribution in [2.24, 2.45) is 5.41 Å². The molecule has 0 fully saturated rings. The smallest absolute Gasteiger partial charge is 0.297 e. The number of benzene rings is 2. The van der Waals surface area contributed by atoms with Crippen molar-refractivity contribution in [3.8, 4) is 5.75 Å². The second kappa shape index (κ2) is 8.22. The first-order valence-electron chi connectivity index (χ1n) is 10.8. The summed E-state index contributed by atoms with van der Waals surface area (Å²) in [6.45, 7) is 6.13. The van der Waals surface area contributed by atoms with E-state index in [0.717, 1.165) is 5.56 Å². The second-order valence-corrected chi connectivity index (χ2v) is 9.04. The Bertz CT molecular complexity index is 1120. The lowest BCUT2D eigenvalue weighted by Gasteiger charge is -2.42. The zero-order valence-electron chi connectivity index (χ0n) is 18.5. The van der Waals surface area contributed by atoms with Gasteiger partial charge in [0.15, 0.2) is 5.78 Å². The van der Waals surface area contributed by atoms with Crippen molar-refractivity contribution in [3.05, 3.63) is 75.5 Å². The van der Waals surface area contributed by atoms with Crippen molar-refractivity contribution >= 4 is 23.1 Å². The molecule has 1 amide bonds. The average Bonchev–Trinajstić information content (AvgIpc) is 2.73. The van der Waals surface area contributed by atoms with Gasteiger partial charge in [-0.1, -0.05) is 44.2 Å². The Hall–Kier alpha value is -3.48. The molecule has 0 radical (unpaired) electrons. The predicted molar refractivity (Wildman–Crippen MR) is 121 cm³/mol. The van der Waals surface area contributed by atoms with Gasteiger partial charge in [0.25, 0.3) is 5.69 Å². The normalized spacial score (nSPS) is 20.2. The predicted octanol–water partition coefficient (Wildman–Crippen LogP) is 5.16. The number of ketones is 1. The molecule has 2 aliphatic rings. The van der Waals surface area contributed by atoms with E-state index in [1.165, 1.54) is 11.0 Å². The van der Waals surface area contributed by atoms with Crippen LogP contribution in [0.15, 0.2) is 59.8 Å². The maximum atomic E-state index is 13.5. The molecule has 0 saturated heterocycles. The van der Waals surface area contributed by atoms with Gasteiger partial charge in [-0.2, -0.15) is 0 Å². The molecule has 4 rings (SSSR count). The summed E-state index contributed by atoms with van der Waals surface area (Å²) in [6.07, 6.45) is 0.940. The minimum atomic E-state index is -0.509. The van der Waals surface area contributed by atoms with Crippen LogP contribution in [-0.4, -0.2) is 23.2 Å². The number of Topliss-reactive ketones (excluding diaryl/α,β-unsaturated/α-hetero) is 1. The Kier molecular flexibility index (Phi) is 5.59. The summed E-state index contributed by atoms with van der Waals surface area (Å²) in [5.41, 5.74) is 1.68. The van der Waals surface area contributed by atoms with E-state index in [9.17, 15) is 19.7 Å². The van der Waals surface area contributed by atoms with Crippen LogP contribution in [0.5, 0.6) is 5.75 Å². The fourth-order valence-corrected chi connectivity index (χ4v) is 4.76. The van der Waals surface area contributed by atoms with Gasteiger partial charge in [-0.25, -0.2) is 0 Å². The lowest BCUT2D eigenvalue weighted by molar-refractivity contribution is -0.384. The van der Waals surface area contributed by atoms with Crippen LogP contribution >= 0.6 is 0 Å². The fraction of sp³-hybridized carbons (Fsp3) is 0.360. The van der Waals surface area contributed by atoms with Gasteiger partial charge in [0, 0.05) is 30.0 Å². The van der Waals surface area contributed by atoms with Gasteiger partial charge >= 0.3 is 0 Å². The lowest BCUT2D eigenvalue weighted by atomic mass is 9.69. The highest BCUT2D eigenvalue weighted by molar-refractivity contribution is 6.08. The van der Waals surface area contributed by atoms with Crippen LogP contribution in [-0.2, 0) is 9.59 Å². The molecular formula is C25H26N2O5. The molecule has 1 aliphatic carbocycles. The van der Waals surface area contributed by atoms with Crippen molar-refractivity contribution in [2.45, 2.75) is 46.0 Å². The fourth-order valence-electron chi connectivity index (χ4n) is 4.76. The maximum absolute atomic E-state index is 13.5. The first kappa shape index (κ1) is 21.7. The first-order chi connectivity index (χ1) is 15.2. The van der Waals surface area contributed by atoms with Crippen molar-refractivity contribution in [1.29, 1.82) is 0 Å². The van der Waals surface area contributed by atoms with Crippen LogP contribution < -0.4 is 9.64 Å². The molecule has 0 aromatic heterocycles. The van der Waals surface area contributed by atoms with Gasteiger partial charge in [-0.3, -0.25) is 24.6 Å². The first-order valence-corrected chi connectivity index (χ1v) is 10.8. The Morgan fingerprint density at radius 2 is 1.84 bits per heavy atom. The molecule has 0 bridgehead atoms. The molecule has 0 spiro atoms. The van der Waals surface area contributed by atoms with Crippen LogP contribution in [0.1, 0.15) is 51.5 Å². The van der Waals surface area contributed by atoms with E-state index in [2.05, 4.69) is 0 Å². The van der Waals surface area contributed by atoms with E-state index in [0.29, 0.717) is 36.5 Å². The van der Waals surface area contributed by atoms with Gasteiger partial charge in [0.1, 0.15) is 11.4 Å². The monoisotopic (exact) mass is 434 g/mol. The highest BCUT2D eigenvalue weighted by atomic mass is 16.6. The number of hydrogen-bond acceptors (Lipinski definition) is 5. The molecule has 2 aromatic rings. The highest BCUT2D eigenvalue weighted by Crippen LogP contribution is 2.49. The third-order valence-electron chi connectivity index (χ3n) is 6.04. The third-order valence-corrected chi connectivity index (χ3v) is 6.04. The molecule has 1 atom stereocenters. The van der Waals surface area contributed by atoms with Gasteiger partial charge in [-0.15, -0.1) is 0 Å².